The van der Waals surface area contributed by atoms with Gasteiger partial charge in [0.1, 0.15) is 5.56 Å². The smallest absolute Gasteiger partial charge is 0.261 e. The molecule has 104 valence electrons. The highest BCUT2D eigenvalue weighted by Crippen LogP contribution is 2.16. The van der Waals surface area contributed by atoms with Gasteiger partial charge in [0.2, 0.25) is 11.8 Å². The van der Waals surface area contributed by atoms with Crippen molar-refractivity contribution in [2.24, 2.45) is 0 Å². The SMILES string of the molecule is COc1ncccc1C(=O)Nc1cnc(N(C)C)nc1. The predicted molar refractivity (Wildman–Crippen MR) is 75.1 cm³/mol. The Kier molecular flexibility index (Phi) is 4.09. The summed E-state index contributed by atoms with van der Waals surface area (Å²) in [7, 11) is 5.15. The molecule has 2 rings (SSSR count). The molecular weight excluding hydrogens is 258 g/mol. The van der Waals surface area contributed by atoms with Gasteiger partial charge in [0, 0.05) is 20.3 Å². The lowest BCUT2D eigenvalue weighted by Crippen LogP contribution is -2.16. The van der Waals surface area contributed by atoms with Gasteiger partial charge in [0.05, 0.1) is 25.2 Å². The van der Waals surface area contributed by atoms with E-state index in [0.717, 1.165) is 0 Å². The third-order valence-electron chi connectivity index (χ3n) is 2.51. The van der Waals surface area contributed by atoms with E-state index in [0.29, 0.717) is 17.2 Å². The summed E-state index contributed by atoms with van der Waals surface area (Å²) in [4.78, 5) is 26.1. The Balaban J connectivity index is 2.15. The number of carbonyl (C=O) groups is 1. The molecule has 0 saturated carbocycles. The van der Waals surface area contributed by atoms with Crippen LogP contribution in [-0.2, 0) is 0 Å². The summed E-state index contributed by atoms with van der Waals surface area (Å²) >= 11 is 0. The highest BCUT2D eigenvalue weighted by Gasteiger charge is 2.13. The molecule has 2 heterocycles. The van der Waals surface area contributed by atoms with Crippen LogP contribution in [0.5, 0.6) is 5.88 Å². The summed E-state index contributed by atoms with van der Waals surface area (Å²) < 4.78 is 5.04. The lowest BCUT2D eigenvalue weighted by molar-refractivity contribution is 0.102. The molecule has 1 N–H and O–H groups in total. The van der Waals surface area contributed by atoms with E-state index in [2.05, 4.69) is 20.3 Å². The summed E-state index contributed by atoms with van der Waals surface area (Å²) in [6.45, 7) is 0. The Morgan fingerprint density at radius 2 is 1.95 bits per heavy atom. The molecule has 0 radical (unpaired) electrons. The number of methoxy groups -OCH3 is 1. The van der Waals surface area contributed by atoms with Crippen LogP contribution in [-0.4, -0.2) is 42.1 Å². The standard InChI is InChI=1S/C13H15N5O2/c1-18(2)13-15-7-9(8-16-13)17-11(19)10-5-4-6-14-12(10)20-3/h4-8H,1-3H3,(H,17,19). The maximum atomic E-state index is 12.1. The van der Waals surface area contributed by atoms with Crippen LogP contribution in [0, 0.1) is 0 Å². The van der Waals surface area contributed by atoms with E-state index >= 15 is 0 Å². The fourth-order valence-electron chi connectivity index (χ4n) is 1.54. The third-order valence-corrected chi connectivity index (χ3v) is 2.51. The zero-order chi connectivity index (χ0) is 14.5. The summed E-state index contributed by atoms with van der Waals surface area (Å²) in [5.74, 6) is 0.522. The van der Waals surface area contributed by atoms with Crippen molar-refractivity contribution >= 4 is 17.5 Å². The number of ether oxygens (including phenoxy) is 1. The molecule has 0 aliphatic heterocycles. The molecule has 0 bridgehead atoms. The van der Waals surface area contributed by atoms with Crippen LogP contribution >= 0.6 is 0 Å². The average Bonchev–Trinajstić information content (AvgIpc) is 2.47. The Hall–Kier alpha value is -2.70. The van der Waals surface area contributed by atoms with Crippen molar-refractivity contribution in [1.82, 2.24) is 15.0 Å². The molecule has 0 fully saturated rings. The number of aromatic nitrogens is 3. The van der Waals surface area contributed by atoms with Gasteiger partial charge in [-0.1, -0.05) is 0 Å². The van der Waals surface area contributed by atoms with Crippen LogP contribution in [0.3, 0.4) is 0 Å². The summed E-state index contributed by atoms with van der Waals surface area (Å²) in [5.41, 5.74) is 0.859. The molecule has 20 heavy (non-hydrogen) atoms. The summed E-state index contributed by atoms with van der Waals surface area (Å²) in [5, 5.41) is 2.70. The lowest BCUT2D eigenvalue weighted by atomic mass is 10.2. The molecule has 0 aromatic carbocycles. The molecule has 0 spiro atoms. The Morgan fingerprint density at radius 3 is 2.55 bits per heavy atom. The summed E-state index contributed by atoms with van der Waals surface area (Å²) in [6, 6.07) is 3.30. The second-order valence-corrected chi connectivity index (χ2v) is 4.18. The lowest BCUT2D eigenvalue weighted by Gasteiger charge is -2.11. The number of hydrogen-bond donors (Lipinski definition) is 1. The van der Waals surface area contributed by atoms with Gasteiger partial charge < -0.3 is 15.0 Å². The highest BCUT2D eigenvalue weighted by molar-refractivity contribution is 6.05. The van der Waals surface area contributed by atoms with Gasteiger partial charge in [-0.3, -0.25) is 4.79 Å². The molecule has 2 aromatic rings. The first-order valence-electron chi connectivity index (χ1n) is 5.91. The number of hydrogen-bond acceptors (Lipinski definition) is 6. The van der Waals surface area contributed by atoms with Gasteiger partial charge in [-0.05, 0) is 12.1 Å². The van der Waals surface area contributed by atoms with Crippen molar-refractivity contribution in [2.75, 3.05) is 31.4 Å². The number of nitrogens with zero attached hydrogens (tertiary/aromatic N) is 4. The Bertz CT molecular complexity index is 598. The van der Waals surface area contributed by atoms with Gasteiger partial charge in [0.25, 0.3) is 5.91 Å². The van der Waals surface area contributed by atoms with Crippen molar-refractivity contribution in [3.63, 3.8) is 0 Å². The second-order valence-electron chi connectivity index (χ2n) is 4.18. The van der Waals surface area contributed by atoms with Crippen LogP contribution in [0.15, 0.2) is 30.7 Å². The fraction of sp³-hybridized carbons (Fsp3) is 0.231. The molecular formula is C13H15N5O2. The van der Waals surface area contributed by atoms with E-state index in [1.54, 1.807) is 35.6 Å². The van der Waals surface area contributed by atoms with Crippen LogP contribution < -0.4 is 15.0 Å². The molecule has 1 amide bonds. The number of anilines is 2. The van der Waals surface area contributed by atoms with Gasteiger partial charge in [-0.15, -0.1) is 0 Å². The number of nitrogens with one attached hydrogen (secondary N) is 1. The minimum absolute atomic E-state index is 0.274. The Labute approximate surface area is 116 Å². The van der Waals surface area contributed by atoms with Crippen LogP contribution in [0.25, 0.3) is 0 Å². The van der Waals surface area contributed by atoms with E-state index in [-0.39, 0.29) is 11.8 Å². The van der Waals surface area contributed by atoms with Gasteiger partial charge in [-0.2, -0.15) is 0 Å². The van der Waals surface area contributed by atoms with Crippen molar-refractivity contribution in [1.29, 1.82) is 0 Å². The fourth-order valence-corrected chi connectivity index (χ4v) is 1.54. The highest BCUT2D eigenvalue weighted by atomic mass is 16.5. The summed E-state index contributed by atoms with van der Waals surface area (Å²) in [6.07, 6.45) is 4.65. The molecule has 0 aliphatic rings. The molecule has 0 saturated heterocycles. The van der Waals surface area contributed by atoms with Gasteiger partial charge in [0.15, 0.2) is 0 Å². The number of rotatable bonds is 4. The third kappa shape index (κ3) is 3.00. The number of amides is 1. The van der Waals surface area contributed by atoms with Crippen molar-refractivity contribution in [2.45, 2.75) is 0 Å². The molecule has 7 nitrogen and oxygen atoms in total. The first-order chi connectivity index (χ1) is 9.61. The minimum Gasteiger partial charge on any atom is -0.480 e. The number of carbonyl (C=O) groups excluding carboxylic acids is 1. The average molecular weight is 273 g/mol. The first-order valence-corrected chi connectivity index (χ1v) is 5.91. The molecule has 0 unspecified atom stereocenters. The predicted octanol–water partition coefficient (Wildman–Crippen LogP) is 1.20. The van der Waals surface area contributed by atoms with Crippen molar-refractivity contribution in [3.05, 3.63) is 36.3 Å². The van der Waals surface area contributed by atoms with E-state index in [4.69, 9.17) is 4.74 Å². The van der Waals surface area contributed by atoms with Crippen molar-refractivity contribution < 1.29 is 9.53 Å². The molecule has 0 aliphatic carbocycles. The van der Waals surface area contributed by atoms with Crippen LogP contribution in [0.2, 0.25) is 0 Å². The number of pyridine rings is 1. The second kappa shape index (κ2) is 5.96. The van der Waals surface area contributed by atoms with Crippen LogP contribution in [0.1, 0.15) is 10.4 Å². The maximum absolute atomic E-state index is 12.1. The monoisotopic (exact) mass is 273 g/mol. The maximum Gasteiger partial charge on any atom is 0.261 e. The first kappa shape index (κ1) is 13.7. The van der Waals surface area contributed by atoms with Gasteiger partial charge in [-0.25, -0.2) is 15.0 Å². The molecule has 2 aromatic heterocycles. The Morgan fingerprint density at radius 1 is 1.25 bits per heavy atom. The largest absolute Gasteiger partial charge is 0.480 e. The van der Waals surface area contributed by atoms with E-state index in [1.165, 1.54) is 7.11 Å². The van der Waals surface area contributed by atoms with Crippen molar-refractivity contribution in [3.8, 4) is 5.88 Å². The van der Waals surface area contributed by atoms with E-state index < -0.39 is 0 Å². The topological polar surface area (TPSA) is 80.2 Å². The minimum atomic E-state index is -0.323. The molecule has 0 atom stereocenters. The normalized spacial score (nSPS) is 9.95. The zero-order valence-electron chi connectivity index (χ0n) is 11.5. The van der Waals surface area contributed by atoms with Crippen LogP contribution in [0.4, 0.5) is 11.6 Å². The van der Waals surface area contributed by atoms with E-state index in [1.807, 2.05) is 14.1 Å². The quantitative estimate of drug-likeness (QED) is 0.901. The van der Waals surface area contributed by atoms with E-state index in [9.17, 15) is 4.79 Å². The zero-order valence-corrected chi connectivity index (χ0v) is 11.5. The van der Waals surface area contributed by atoms with Gasteiger partial charge >= 0.3 is 0 Å². The molecule has 7 heteroatoms.